The summed E-state index contributed by atoms with van der Waals surface area (Å²) in [4.78, 5) is 4.43. The zero-order valence-electron chi connectivity index (χ0n) is 11.8. The molecule has 0 saturated heterocycles. The van der Waals surface area contributed by atoms with Gasteiger partial charge in [0.05, 0.1) is 11.2 Å². The summed E-state index contributed by atoms with van der Waals surface area (Å²) in [5.41, 5.74) is 8.25. The van der Waals surface area contributed by atoms with Crippen molar-refractivity contribution in [2.45, 2.75) is 26.8 Å². The third kappa shape index (κ3) is 2.54. The van der Waals surface area contributed by atoms with Crippen LogP contribution in [-0.2, 0) is 13.0 Å². The summed E-state index contributed by atoms with van der Waals surface area (Å²) in [5, 5.41) is 2.11. The van der Waals surface area contributed by atoms with Crippen molar-refractivity contribution in [2.24, 2.45) is 0 Å². The molecule has 0 aliphatic rings. The van der Waals surface area contributed by atoms with Crippen molar-refractivity contribution in [1.82, 2.24) is 9.55 Å². The molecule has 3 rings (SSSR count). The Morgan fingerprint density at radius 1 is 1.15 bits per heavy atom. The largest absolute Gasteiger partial charge is 0.348 e. The van der Waals surface area contributed by atoms with E-state index in [1.54, 1.807) is 11.3 Å². The minimum absolute atomic E-state index is 1.02. The molecule has 0 atom stereocenters. The lowest BCUT2D eigenvalue weighted by molar-refractivity contribution is 0.664. The molecule has 1 aromatic carbocycles. The van der Waals surface area contributed by atoms with Gasteiger partial charge in [-0.25, -0.2) is 4.98 Å². The van der Waals surface area contributed by atoms with Crippen LogP contribution in [-0.4, -0.2) is 9.55 Å². The van der Waals surface area contributed by atoms with Crippen LogP contribution in [0, 0.1) is 13.8 Å². The maximum absolute atomic E-state index is 4.43. The summed E-state index contributed by atoms with van der Waals surface area (Å²) in [7, 11) is 0. The molecule has 3 heteroatoms. The highest BCUT2D eigenvalue weighted by atomic mass is 32.1. The first-order chi connectivity index (χ1) is 9.75. The summed E-state index contributed by atoms with van der Waals surface area (Å²) >= 11 is 1.65. The number of hydrogen-bond donors (Lipinski definition) is 0. The second kappa shape index (κ2) is 5.63. The van der Waals surface area contributed by atoms with Crippen LogP contribution in [0.5, 0.6) is 0 Å². The molecule has 2 heterocycles. The van der Waals surface area contributed by atoms with Crippen LogP contribution < -0.4 is 0 Å². The van der Waals surface area contributed by atoms with Gasteiger partial charge in [0.25, 0.3) is 0 Å². The Morgan fingerprint density at radius 3 is 2.65 bits per heavy atom. The highest BCUT2D eigenvalue weighted by molar-refractivity contribution is 7.07. The Labute approximate surface area is 123 Å². The molecule has 0 aliphatic heterocycles. The highest BCUT2D eigenvalue weighted by Crippen LogP contribution is 2.26. The predicted molar refractivity (Wildman–Crippen MR) is 85.2 cm³/mol. The van der Waals surface area contributed by atoms with Gasteiger partial charge in [-0.3, -0.25) is 0 Å². The van der Waals surface area contributed by atoms with Crippen molar-refractivity contribution in [2.75, 3.05) is 0 Å². The van der Waals surface area contributed by atoms with Gasteiger partial charge in [0, 0.05) is 28.9 Å². The molecule has 2 nitrogen and oxygen atoms in total. The fourth-order valence-corrected chi connectivity index (χ4v) is 3.19. The van der Waals surface area contributed by atoms with Gasteiger partial charge in [-0.2, -0.15) is 0 Å². The van der Waals surface area contributed by atoms with E-state index in [9.17, 15) is 0 Å². The number of benzene rings is 1. The van der Waals surface area contributed by atoms with Gasteiger partial charge >= 0.3 is 0 Å². The predicted octanol–water partition coefficient (Wildman–Crippen LogP) is 4.47. The van der Waals surface area contributed by atoms with Gasteiger partial charge < -0.3 is 4.57 Å². The smallest absolute Gasteiger partial charge is 0.0829 e. The van der Waals surface area contributed by atoms with Gasteiger partial charge in [0.2, 0.25) is 0 Å². The average molecular weight is 282 g/mol. The van der Waals surface area contributed by atoms with Crippen molar-refractivity contribution in [3.63, 3.8) is 0 Å². The lowest BCUT2D eigenvalue weighted by atomic mass is 10.1. The molecule has 0 bridgehead atoms. The first-order valence-electron chi connectivity index (χ1n) is 6.85. The lowest BCUT2D eigenvalue weighted by Gasteiger charge is -2.09. The zero-order chi connectivity index (χ0) is 13.9. The first kappa shape index (κ1) is 13.1. The van der Waals surface area contributed by atoms with E-state index in [0.717, 1.165) is 18.7 Å². The first-order valence-corrected chi connectivity index (χ1v) is 7.79. The summed E-state index contributed by atoms with van der Waals surface area (Å²) in [6, 6.07) is 12.9. The van der Waals surface area contributed by atoms with E-state index in [1.165, 1.54) is 22.5 Å². The second-order valence-corrected chi connectivity index (χ2v) is 5.76. The Kier molecular flexibility index (Phi) is 3.70. The van der Waals surface area contributed by atoms with Crippen LogP contribution in [0.2, 0.25) is 0 Å². The van der Waals surface area contributed by atoms with Crippen LogP contribution >= 0.6 is 11.3 Å². The molecule has 102 valence electrons. The minimum atomic E-state index is 1.02. The molecule has 2 aromatic heterocycles. The Bertz CT molecular complexity index is 681. The van der Waals surface area contributed by atoms with E-state index < -0.39 is 0 Å². The molecule has 0 aliphatic carbocycles. The van der Waals surface area contributed by atoms with Crippen molar-refractivity contribution in [1.29, 1.82) is 0 Å². The van der Waals surface area contributed by atoms with Gasteiger partial charge in [0.1, 0.15) is 0 Å². The van der Waals surface area contributed by atoms with Crippen LogP contribution in [0.15, 0.2) is 47.3 Å². The monoisotopic (exact) mass is 282 g/mol. The quantitative estimate of drug-likeness (QED) is 0.690. The maximum atomic E-state index is 4.43. The molecule has 0 spiro atoms. The topological polar surface area (TPSA) is 17.8 Å². The van der Waals surface area contributed by atoms with Crippen molar-refractivity contribution < 1.29 is 0 Å². The number of hydrogen-bond acceptors (Lipinski definition) is 2. The molecule has 0 radical (unpaired) electrons. The highest BCUT2D eigenvalue weighted by Gasteiger charge is 2.11. The summed E-state index contributed by atoms with van der Waals surface area (Å²) in [6.45, 7) is 5.38. The summed E-state index contributed by atoms with van der Waals surface area (Å²) in [5.74, 6) is 0. The molecule has 0 N–H and O–H groups in total. The SMILES string of the molecule is Cc1cc(-c2cscn2)c(C)n1CCc1ccccc1. The van der Waals surface area contributed by atoms with Gasteiger partial charge in [-0.15, -0.1) is 11.3 Å². The van der Waals surface area contributed by atoms with E-state index in [-0.39, 0.29) is 0 Å². The number of aryl methyl sites for hydroxylation is 2. The minimum Gasteiger partial charge on any atom is -0.348 e. The normalized spacial score (nSPS) is 10.9. The van der Waals surface area contributed by atoms with E-state index in [4.69, 9.17) is 0 Å². The van der Waals surface area contributed by atoms with Gasteiger partial charge in [-0.05, 0) is 31.9 Å². The fraction of sp³-hybridized carbons (Fsp3) is 0.235. The lowest BCUT2D eigenvalue weighted by Crippen LogP contribution is -2.05. The molecular formula is C17H18N2S. The van der Waals surface area contributed by atoms with Gasteiger partial charge in [-0.1, -0.05) is 30.3 Å². The Morgan fingerprint density at radius 2 is 1.95 bits per heavy atom. The average Bonchev–Trinajstić information content (AvgIpc) is 3.07. The van der Waals surface area contributed by atoms with Crippen LogP contribution in [0.1, 0.15) is 17.0 Å². The van der Waals surface area contributed by atoms with Crippen molar-refractivity contribution >= 4 is 11.3 Å². The van der Waals surface area contributed by atoms with E-state index in [2.05, 4.69) is 65.2 Å². The molecule has 0 saturated carbocycles. The molecule has 20 heavy (non-hydrogen) atoms. The van der Waals surface area contributed by atoms with E-state index >= 15 is 0 Å². The van der Waals surface area contributed by atoms with Crippen molar-refractivity contribution in [3.8, 4) is 11.3 Å². The molecular weight excluding hydrogens is 264 g/mol. The third-order valence-electron chi connectivity index (χ3n) is 3.75. The number of thiazole rings is 1. The standard InChI is InChI=1S/C17H18N2S/c1-13-10-16(17-11-20-12-18-17)14(2)19(13)9-8-15-6-4-3-5-7-15/h3-7,10-12H,8-9H2,1-2H3. The molecule has 0 unspecified atom stereocenters. The Balaban J connectivity index is 1.84. The summed E-state index contributed by atoms with van der Waals surface area (Å²) < 4.78 is 2.39. The summed E-state index contributed by atoms with van der Waals surface area (Å²) in [6.07, 6.45) is 1.06. The number of aromatic nitrogens is 2. The number of rotatable bonds is 4. The van der Waals surface area contributed by atoms with Crippen LogP contribution in [0.4, 0.5) is 0 Å². The van der Waals surface area contributed by atoms with Crippen molar-refractivity contribution in [3.05, 3.63) is 64.2 Å². The zero-order valence-corrected chi connectivity index (χ0v) is 12.7. The van der Waals surface area contributed by atoms with E-state index in [0.29, 0.717) is 0 Å². The maximum Gasteiger partial charge on any atom is 0.0829 e. The van der Waals surface area contributed by atoms with Crippen LogP contribution in [0.3, 0.4) is 0 Å². The Hall–Kier alpha value is -1.87. The fourth-order valence-electron chi connectivity index (χ4n) is 2.64. The second-order valence-electron chi connectivity index (χ2n) is 5.05. The van der Waals surface area contributed by atoms with Gasteiger partial charge in [0.15, 0.2) is 0 Å². The molecule has 3 aromatic rings. The van der Waals surface area contributed by atoms with Crippen LogP contribution in [0.25, 0.3) is 11.3 Å². The number of nitrogens with zero attached hydrogens (tertiary/aromatic N) is 2. The van der Waals surface area contributed by atoms with E-state index in [1.807, 2.05) is 5.51 Å². The third-order valence-corrected chi connectivity index (χ3v) is 4.34. The molecule has 0 amide bonds. The molecule has 0 fully saturated rings.